The molecule has 0 unspecified atom stereocenters. The lowest BCUT2D eigenvalue weighted by Crippen LogP contribution is -2.50. The van der Waals surface area contributed by atoms with Crippen LogP contribution in [0.2, 0.25) is 5.02 Å². The van der Waals surface area contributed by atoms with Gasteiger partial charge in [-0.2, -0.15) is 0 Å². The van der Waals surface area contributed by atoms with Gasteiger partial charge < -0.3 is 9.47 Å². The zero-order valence-corrected chi connectivity index (χ0v) is 17.0. The Morgan fingerprint density at radius 2 is 1.89 bits per heavy atom. The number of thioether (sulfide) groups is 1. The Kier molecular flexibility index (Phi) is 4.91. The van der Waals surface area contributed by atoms with Gasteiger partial charge in [0.2, 0.25) is 0 Å². The first kappa shape index (κ1) is 18.6. The number of hydrogen-bond acceptors (Lipinski definition) is 7. The predicted octanol–water partition coefficient (Wildman–Crippen LogP) is 1.86. The molecule has 0 bridgehead atoms. The van der Waals surface area contributed by atoms with Gasteiger partial charge in [-0.25, -0.2) is 5.01 Å². The van der Waals surface area contributed by atoms with Gasteiger partial charge in [0.05, 0.1) is 24.6 Å². The second-order valence-electron chi connectivity index (χ2n) is 6.01. The lowest BCUT2D eigenvalue weighted by atomic mass is 10.1. The molecule has 1 amide bonds. The molecule has 2 aromatic carbocycles. The van der Waals surface area contributed by atoms with Crippen molar-refractivity contribution in [2.24, 2.45) is 10.1 Å². The number of hydrogen-bond donors (Lipinski definition) is 1. The highest BCUT2D eigenvalue weighted by Gasteiger charge is 2.35. The molecule has 2 aliphatic heterocycles. The molecule has 2 aliphatic rings. The Bertz CT molecular complexity index is 1120. The standard InChI is InChI=1S/C19H17ClN4O3S/c1-26-14-8-11(12(20)9-15(14)27-2)17-21-13-7-5-4-6-10(13)16-18(25)22-19(28-3)23-24(16)17/h4-9,17H,1-3H3,(H,22,23,25)/t17-/m0/s1. The second-order valence-corrected chi connectivity index (χ2v) is 7.21. The van der Waals surface area contributed by atoms with E-state index in [-0.39, 0.29) is 5.91 Å². The summed E-state index contributed by atoms with van der Waals surface area (Å²) >= 11 is 7.90. The maximum atomic E-state index is 12.8. The number of methoxy groups -OCH3 is 2. The van der Waals surface area contributed by atoms with Crippen LogP contribution in [-0.4, -0.2) is 36.6 Å². The quantitative estimate of drug-likeness (QED) is 0.826. The molecule has 144 valence electrons. The molecule has 4 rings (SSSR count). The smallest absolute Gasteiger partial charge is 0.276 e. The molecule has 0 aliphatic carbocycles. The Labute approximate surface area is 170 Å². The number of carbonyl (C=O) groups is 1. The number of carbonyl (C=O) groups excluding carboxylic acids is 1. The molecule has 0 radical (unpaired) electrons. The van der Waals surface area contributed by atoms with E-state index in [9.17, 15) is 4.79 Å². The number of nitrogens with zero attached hydrogens (tertiary/aromatic N) is 3. The normalized spacial score (nSPS) is 17.8. The zero-order valence-electron chi connectivity index (χ0n) is 15.4. The number of fused-ring (bicyclic) bond motifs is 2. The average molecular weight is 417 g/mol. The van der Waals surface area contributed by atoms with Gasteiger partial charge in [-0.15, -0.1) is 5.10 Å². The van der Waals surface area contributed by atoms with Crippen LogP contribution in [-0.2, 0) is 4.79 Å². The predicted molar refractivity (Wildman–Crippen MR) is 109 cm³/mol. The van der Waals surface area contributed by atoms with Gasteiger partial charge >= 0.3 is 0 Å². The summed E-state index contributed by atoms with van der Waals surface area (Å²) in [5.74, 6) is 0.803. The Balaban J connectivity index is 1.98. The molecule has 0 aromatic heterocycles. The number of ether oxygens (including phenoxy) is 2. The van der Waals surface area contributed by atoms with E-state index in [1.165, 1.54) is 11.8 Å². The van der Waals surface area contributed by atoms with Crippen LogP contribution < -0.4 is 25.4 Å². The Morgan fingerprint density at radius 3 is 2.61 bits per heavy atom. The minimum atomic E-state index is -0.620. The summed E-state index contributed by atoms with van der Waals surface area (Å²) in [4.78, 5) is 17.7. The monoisotopic (exact) mass is 416 g/mol. The van der Waals surface area contributed by atoms with E-state index in [1.807, 2.05) is 30.5 Å². The van der Waals surface area contributed by atoms with Crippen LogP contribution >= 0.6 is 23.4 Å². The van der Waals surface area contributed by atoms with Crippen molar-refractivity contribution in [2.45, 2.75) is 6.17 Å². The highest BCUT2D eigenvalue weighted by atomic mass is 35.5. The van der Waals surface area contributed by atoms with E-state index in [4.69, 9.17) is 26.1 Å². The van der Waals surface area contributed by atoms with Crippen LogP contribution in [0, 0.1) is 0 Å². The fourth-order valence-corrected chi connectivity index (χ4v) is 3.81. The minimum absolute atomic E-state index is 0.233. The van der Waals surface area contributed by atoms with E-state index < -0.39 is 6.17 Å². The lowest BCUT2D eigenvalue weighted by molar-refractivity contribution is -0.116. The summed E-state index contributed by atoms with van der Waals surface area (Å²) in [5, 5.41) is 11.4. The molecule has 0 saturated carbocycles. The third-order valence-electron chi connectivity index (χ3n) is 4.49. The highest BCUT2D eigenvalue weighted by molar-refractivity contribution is 8.13. The first-order chi connectivity index (χ1) is 13.6. The van der Waals surface area contributed by atoms with Crippen LogP contribution in [0.15, 0.2) is 46.5 Å². The van der Waals surface area contributed by atoms with E-state index >= 15 is 0 Å². The lowest BCUT2D eigenvalue weighted by Gasteiger charge is -2.34. The third-order valence-corrected chi connectivity index (χ3v) is 5.39. The second kappa shape index (κ2) is 7.37. The molecule has 7 nitrogen and oxygen atoms in total. The highest BCUT2D eigenvalue weighted by Crippen LogP contribution is 2.40. The number of hydrazone groups is 1. The van der Waals surface area contributed by atoms with Crippen molar-refractivity contribution in [2.75, 3.05) is 20.5 Å². The fourth-order valence-electron chi connectivity index (χ4n) is 3.19. The minimum Gasteiger partial charge on any atom is -0.493 e. The van der Waals surface area contributed by atoms with E-state index in [0.29, 0.717) is 38.3 Å². The van der Waals surface area contributed by atoms with Crippen molar-refractivity contribution in [3.8, 4) is 11.5 Å². The number of para-hydroxylation sites is 1. The van der Waals surface area contributed by atoms with Crippen LogP contribution in [0.4, 0.5) is 0 Å². The summed E-state index contributed by atoms with van der Waals surface area (Å²) in [5.41, 5.74) is 1.09. The first-order valence-electron chi connectivity index (χ1n) is 8.39. The van der Waals surface area contributed by atoms with Gasteiger partial charge in [-0.05, 0) is 18.4 Å². The zero-order chi connectivity index (χ0) is 19.8. The van der Waals surface area contributed by atoms with E-state index in [2.05, 4.69) is 10.4 Å². The van der Waals surface area contributed by atoms with Gasteiger partial charge in [0, 0.05) is 16.8 Å². The third kappa shape index (κ3) is 2.98. The molecular weight excluding hydrogens is 400 g/mol. The SMILES string of the molecule is COc1cc(Cl)c([C@H]2N=c3ccccc3=C3C(=O)NC(SC)=NN32)cc1OC. The van der Waals surface area contributed by atoms with Crippen LogP contribution in [0.5, 0.6) is 11.5 Å². The molecule has 0 fully saturated rings. The molecule has 9 heteroatoms. The van der Waals surface area contributed by atoms with Crippen molar-refractivity contribution < 1.29 is 14.3 Å². The molecular formula is C19H17ClN4O3S. The van der Waals surface area contributed by atoms with E-state index in [1.54, 1.807) is 31.4 Å². The van der Waals surface area contributed by atoms with Gasteiger partial charge in [-0.1, -0.05) is 41.6 Å². The summed E-state index contributed by atoms with van der Waals surface area (Å²) < 4.78 is 10.7. The topological polar surface area (TPSA) is 75.5 Å². The summed E-state index contributed by atoms with van der Waals surface area (Å²) in [6.45, 7) is 0. The fraction of sp³-hybridized carbons (Fsp3) is 0.211. The maximum absolute atomic E-state index is 12.8. The van der Waals surface area contributed by atoms with Crippen LogP contribution in [0.1, 0.15) is 11.7 Å². The molecule has 1 N–H and O–H groups in total. The molecule has 0 spiro atoms. The number of nitrogens with one attached hydrogen (secondary N) is 1. The molecule has 1 atom stereocenters. The Morgan fingerprint density at radius 1 is 1.18 bits per heavy atom. The number of amidine groups is 1. The molecule has 2 aromatic rings. The maximum Gasteiger partial charge on any atom is 0.276 e. The van der Waals surface area contributed by atoms with Crippen molar-refractivity contribution in [1.29, 1.82) is 0 Å². The summed E-state index contributed by atoms with van der Waals surface area (Å²) in [6.07, 6.45) is 1.22. The van der Waals surface area contributed by atoms with Crippen molar-refractivity contribution in [1.82, 2.24) is 10.3 Å². The van der Waals surface area contributed by atoms with Crippen molar-refractivity contribution in [3.05, 3.63) is 57.6 Å². The average Bonchev–Trinajstić information content (AvgIpc) is 2.72. The number of benzene rings is 2. The Hall–Kier alpha value is -2.71. The first-order valence-corrected chi connectivity index (χ1v) is 9.99. The largest absolute Gasteiger partial charge is 0.493 e. The number of amides is 1. The van der Waals surface area contributed by atoms with Gasteiger partial charge in [0.1, 0.15) is 5.70 Å². The van der Waals surface area contributed by atoms with Gasteiger partial charge in [-0.3, -0.25) is 15.1 Å². The number of rotatable bonds is 3. The number of halogens is 1. The molecule has 2 heterocycles. The summed E-state index contributed by atoms with van der Waals surface area (Å²) in [7, 11) is 3.10. The van der Waals surface area contributed by atoms with E-state index in [0.717, 1.165) is 5.22 Å². The van der Waals surface area contributed by atoms with Gasteiger partial charge in [0.25, 0.3) is 5.91 Å². The van der Waals surface area contributed by atoms with Crippen LogP contribution in [0.25, 0.3) is 5.70 Å². The molecule has 0 saturated heterocycles. The summed E-state index contributed by atoms with van der Waals surface area (Å²) in [6, 6.07) is 10.9. The van der Waals surface area contributed by atoms with Crippen molar-refractivity contribution in [3.63, 3.8) is 0 Å². The van der Waals surface area contributed by atoms with Crippen LogP contribution in [0.3, 0.4) is 0 Å². The van der Waals surface area contributed by atoms with Crippen molar-refractivity contribution >= 4 is 40.1 Å². The molecule has 28 heavy (non-hydrogen) atoms. The van der Waals surface area contributed by atoms with Gasteiger partial charge in [0.15, 0.2) is 22.8 Å².